The number of fused-ring (bicyclic) bond motifs is 1. The summed E-state index contributed by atoms with van der Waals surface area (Å²) < 4.78 is 27.1. The minimum absolute atomic E-state index is 0.00629. The molecule has 1 N–H and O–H groups in total. The molecule has 3 atom stereocenters. The zero-order valence-corrected chi connectivity index (χ0v) is 24.7. The molecule has 0 spiro atoms. The zero-order chi connectivity index (χ0) is 29.2. The van der Waals surface area contributed by atoms with Gasteiger partial charge in [-0.05, 0) is 97.3 Å². The fourth-order valence-corrected chi connectivity index (χ4v) is 7.05. The molecule has 1 saturated carbocycles. The predicted molar refractivity (Wildman–Crippen MR) is 160 cm³/mol. The van der Waals surface area contributed by atoms with Crippen LogP contribution in [0, 0.1) is 17.7 Å². The molecule has 0 bridgehead atoms. The standard InChI is InChI=1S/C35H41FN2O4/c1-22(35(39)40)34(24-7-6-8-24)26-10-9-23-12-14-31(42-32(23)18-26)25-11-13-28(29-19-33(41-2)37-20-30(29)36)27(17-25)21-38-15-4-3-5-16-38/h9-11,13,17-20,22,24,31,34H,3-8,12,14-16,21H2,1-2H3,(H,39,40)/t22-,31-,34-/m0/s1. The molecular formula is C35H41FN2O4. The van der Waals surface area contributed by atoms with Crippen molar-refractivity contribution >= 4 is 5.97 Å². The topological polar surface area (TPSA) is 71.9 Å². The highest BCUT2D eigenvalue weighted by Crippen LogP contribution is 2.46. The third-order valence-electron chi connectivity index (χ3n) is 9.68. The van der Waals surface area contributed by atoms with Gasteiger partial charge in [0.15, 0.2) is 0 Å². The minimum Gasteiger partial charge on any atom is -0.485 e. The van der Waals surface area contributed by atoms with Gasteiger partial charge in [0.2, 0.25) is 5.88 Å². The van der Waals surface area contributed by atoms with Gasteiger partial charge in [-0.3, -0.25) is 9.69 Å². The third-order valence-corrected chi connectivity index (χ3v) is 9.68. The van der Waals surface area contributed by atoms with E-state index in [1.165, 1.54) is 37.4 Å². The Labute approximate surface area is 247 Å². The van der Waals surface area contributed by atoms with Crippen LogP contribution < -0.4 is 9.47 Å². The second-order valence-corrected chi connectivity index (χ2v) is 12.3. The van der Waals surface area contributed by atoms with Gasteiger partial charge in [-0.15, -0.1) is 0 Å². The molecule has 3 heterocycles. The molecule has 222 valence electrons. The molecule has 1 aliphatic carbocycles. The van der Waals surface area contributed by atoms with E-state index in [9.17, 15) is 9.90 Å². The van der Waals surface area contributed by atoms with E-state index in [4.69, 9.17) is 9.47 Å². The number of hydrogen-bond donors (Lipinski definition) is 1. The monoisotopic (exact) mass is 572 g/mol. The number of piperidine rings is 1. The number of aryl methyl sites for hydroxylation is 1. The summed E-state index contributed by atoms with van der Waals surface area (Å²) in [6.07, 6.45) is 9.79. The number of aromatic nitrogens is 1. The average molecular weight is 573 g/mol. The average Bonchev–Trinajstić information content (AvgIpc) is 2.99. The molecule has 0 unspecified atom stereocenters. The van der Waals surface area contributed by atoms with Crippen LogP contribution in [0.15, 0.2) is 48.7 Å². The number of methoxy groups -OCH3 is 1. The SMILES string of the molecule is COc1cc(-c2ccc([C@@H]3CCc4ccc([C@H](C5CCC5)[C@H](C)C(=O)O)cc4O3)cc2CN2CCCCC2)c(F)cn1. The van der Waals surface area contributed by atoms with Crippen molar-refractivity contribution in [2.24, 2.45) is 11.8 Å². The van der Waals surface area contributed by atoms with Gasteiger partial charge >= 0.3 is 5.97 Å². The molecule has 0 amide bonds. The Morgan fingerprint density at radius 3 is 2.60 bits per heavy atom. The number of hydrogen-bond acceptors (Lipinski definition) is 5. The normalized spacial score (nSPS) is 20.6. The van der Waals surface area contributed by atoms with Crippen LogP contribution in [0.3, 0.4) is 0 Å². The van der Waals surface area contributed by atoms with Gasteiger partial charge in [0.25, 0.3) is 0 Å². The summed E-state index contributed by atoms with van der Waals surface area (Å²) in [6, 6.07) is 14.3. The first-order valence-corrected chi connectivity index (χ1v) is 15.5. The van der Waals surface area contributed by atoms with Gasteiger partial charge < -0.3 is 14.6 Å². The van der Waals surface area contributed by atoms with E-state index < -0.39 is 11.9 Å². The number of carboxylic acids is 1. The van der Waals surface area contributed by atoms with Gasteiger partial charge in [0, 0.05) is 18.2 Å². The number of ether oxygens (including phenoxy) is 2. The third kappa shape index (κ3) is 5.89. The number of carbonyl (C=O) groups is 1. The van der Waals surface area contributed by atoms with Crippen molar-refractivity contribution in [2.75, 3.05) is 20.2 Å². The number of likely N-dealkylation sites (tertiary alicyclic amines) is 1. The molecule has 1 saturated heterocycles. The fraction of sp³-hybridized carbons (Fsp3) is 0.486. The Morgan fingerprint density at radius 2 is 1.88 bits per heavy atom. The largest absolute Gasteiger partial charge is 0.485 e. The highest BCUT2D eigenvalue weighted by Gasteiger charge is 2.36. The molecule has 2 fully saturated rings. The number of carboxylic acid groups (broad SMARTS) is 1. The maximum absolute atomic E-state index is 15.1. The van der Waals surface area contributed by atoms with Crippen LogP contribution in [-0.2, 0) is 17.8 Å². The molecule has 3 aromatic rings. The number of rotatable bonds is 9. The minimum atomic E-state index is -0.743. The molecule has 42 heavy (non-hydrogen) atoms. The Balaban J connectivity index is 1.31. The lowest BCUT2D eigenvalue weighted by Gasteiger charge is -2.37. The van der Waals surface area contributed by atoms with E-state index >= 15 is 4.39 Å². The zero-order valence-electron chi connectivity index (χ0n) is 24.7. The smallest absolute Gasteiger partial charge is 0.306 e. The first-order valence-electron chi connectivity index (χ1n) is 15.5. The quantitative estimate of drug-likeness (QED) is 0.285. The Hall–Kier alpha value is -3.45. The number of halogens is 1. The van der Waals surface area contributed by atoms with E-state index in [0.29, 0.717) is 17.4 Å². The van der Waals surface area contributed by atoms with E-state index in [2.05, 4.69) is 40.2 Å². The van der Waals surface area contributed by atoms with Crippen LogP contribution >= 0.6 is 0 Å². The summed E-state index contributed by atoms with van der Waals surface area (Å²) in [5.41, 5.74) is 5.74. The van der Waals surface area contributed by atoms with Gasteiger partial charge in [-0.2, -0.15) is 0 Å². The summed E-state index contributed by atoms with van der Waals surface area (Å²) >= 11 is 0. The molecule has 0 radical (unpaired) electrons. The summed E-state index contributed by atoms with van der Waals surface area (Å²) in [5, 5.41) is 9.84. The van der Waals surface area contributed by atoms with Crippen molar-refractivity contribution in [1.82, 2.24) is 9.88 Å². The number of nitrogens with zero attached hydrogens (tertiary/aromatic N) is 2. The summed E-state index contributed by atoms with van der Waals surface area (Å²) in [7, 11) is 1.54. The van der Waals surface area contributed by atoms with Gasteiger partial charge in [-0.25, -0.2) is 9.37 Å². The van der Waals surface area contributed by atoms with Crippen LogP contribution in [0.1, 0.15) is 86.1 Å². The number of pyridine rings is 1. The number of benzene rings is 2. The Kier molecular flexibility index (Phi) is 8.48. The van der Waals surface area contributed by atoms with Crippen LogP contribution in [0.2, 0.25) is 0 Å². The molecule has 6 rings (SSSR count). The van der Waals surface area contributed by atoms with Gasteiger partial charge in [-0.1, -0.05) is 50.1 Å². The lowest BCUT2D eigenvalue weighted by Crippen LogP contribution is -2.30. The lowest BCUT2D eigenvalue weighted by molar-refractivity contribution is -0.142. The second kappa shape index (κ2) is 12.4. The van der Waals surface area contributed by atoms with Crippen molar-refractivity contribution in [2.45, 2.75) is 76.9 Å². The molecule has 1 aromatic heterocycles. The molecular weight excluding hydrogens is 531 g/mol. The summed E-state index contributed by atoms with van der Waals surface area (Å²) in [6.45, 7) is 4.66. The lowest BCUT2D eigenvalue weighted by atomic mass is 9.68. The maximum Gasteiger partial charge on any atom is 0.306 e. The van der Waals surface area contributed by atoms with Crippen molar-refractivity contribution in [3.05, 3.63) is 76.7 Å². The summed E-state index contributed by atoms with van der Waals surface area (Å²) in [4.78, 5) is 18.5. The molecule has 2 aliphatic heterocycles. The van der Waals surface area contributed by atoms with Crippen molar-refractivity contribution in [3.8, 4) is 22.8 Å². The van der Waals surface area contributed by atoms with Crippen LogP contribution in [0.25, 0.3) is 11.1 Å². The first kappa shape index (κ1) is 28.7. The van der Waals surface area contributed by atoms with Crippen molar-refractivity contribution in [1.29, 1.82) is 0 Å². The highest BCUT2D eigenvalue weighted by molar-refractivity contribution is 5.71. The van der Waals surface area contributed by atoms with E-state index in [0.717, 1.165) is 73.3 Å². The second-order valence-electron chi connectivity index (χ2n) is 12.3. The highest BCUT2D eigenvalue weighted by atomic mass is 19.1. The maximum atomic E-state index is 15.1. The van der Waals surface area contributed by atoms with Crippen LogP contribution in [0.5, 0.6) is 11.6 Å². The molecule has 7 heteroatoms. The van der Waals surface area contributed by atoms with Crippen LogP contribution in [-0.4, -0.2) is 41.2 Å². The van der Waals surface area contributed by atoms with Crippen molar-refractivity contribution in [3.63, 3.8) is 0 Å². The predicted octanol–water partition coefficient (Wildman–Crippen LogP) is 7.55. The number of aliphatic carboxylic acids is 1. The first-order chi connectivity index (χ1) is 20.4. The van der Waals surface area contributed by atoms with Crippen LogP contribution in [0.4, 0.5) is 4.39 Å². The molecule has 6 nitrogen and oxygen atoms in total. The van der Waals surface area contributed by atoms with Gasteiger partial charge in [0.1, 0.15) is 17.7 Å². The van der Waals surface area contributed by atoms with Gasteiger partial charge in [0.05, 0.1) is 19.2 Å². The summed E-state index contributed by atoms with van der Waals surface area (Å²) in [5.74, 6) is 0.101. The van der Waals surface area contributed by atoms with E-state index in [-0.39, 0.29) is 17.8 Å². The Bertz CT molecular complexity index is 1430. The molecule has 3 aliphatic rings. The van der Waals surface area contributed by atoms with E-state index in [1.54, 1.807) is 13.2 Å². The Morgan fingerprint density at radius 1 is 1.07 bits per heavy atom. The van der Waals surface area contributed by atoms with Crippen molar-refractivity contribution < 1.29 is 23.8 Å². The molecule has 2 aromatic carbocycles. The fourth-order valence-electron chi connectivity index (χ4n) is 7.05. The van der Waals surface area contributed by atoms with E-state index in [1.807, 2.05) is 13.0 Å².